The van der Waals surface area contributed by atoms with Gasteiger partial charge in [-0.25, -0.2) is 4.79 Å². The van der Waals surface area contributed by atoms with Crippen molar-refractivity contribution in [1.82, 2.24) is 10.6 Å². The fraction of sp³-hybridized carbons (Fsp3) is 0.500. The third kappa shape index (κ3) is 3.23. The van der Waals surface area contributed by atoms with Crippen LogP contribution < -0.4 is 16.4 Å². The predicted molar refractivity (Wildman–Crippen MR) is 56.1 cm³/mol. The van der Waals surface area contributed by atoms with Crippen molar-refractivity contribution < 1.29 is 29.3 Å². The van der Waals surface area contributed by atoms with E-state index in [1.807, 2.05) is 5.32 Å². The lowest BCUT2D eigenvalue weighted by atomic mass is 10.1. The maximum Gasteiger partial charge on any atom is 0.323 e. The van der Waals surface area contributed by atoms with Crippen LogP contribution in [0.25, 0.3) is 0 Å². The Morgan fingerprint density at radius 2 is 2.00 bits per heavy atom. The number of aliphatic hydroxyl groups excluding tert-OH is 2. The largest absolute Gasteiger partial charge is 0.387 e. The van der Waals surface area contributed by atoms with Crippen molar-refractivity contribution in [1.29, 1.82) is 0 Å². The molecule has 0 aliphatic carbocycles. The first-order valence-corrected chi connectivity index (χ1v) is 4.81. The maximum absolute atomic E-state index is 11.3. The third-order valence-electron chi connectivity index (χ3n) is 2.14. The van der Waals surface area contributed by atoms with Gasteiger partial charge in [-0.15, -0.1) is 0 Å². The SMILES string of the molecule is NC(=NC=O)NC(=O)NC1OC(C=O)C(O)C1O. The highest BCUT2D eigenvalue weighted by Gasteiger charge is 2.43. The van der Waals surface area contributed by atoms with Gasteiger partial charge >= 0.3 is 6.03 Å². The lowest BCUT2D eigenvalue weighted by Crippen LogP contribution is -2.50. The molecule has 3 amide bonds. The molecule has 6 N–H and O–H groups in total. The number of nitrogens with zero attached hydrogens (tertiary/aromatic N) is 1. The number of rotatable bonds is 3. The van der Waals surface area contributed by atoms with Gasteiger partial charge in [0.1, 0.15) is 18.3 Å². The molecule has 4 unspecified atom stereocenters. The number of ether oxygens (including phenoxy) is 1. The van der Waals surface area contributed by atoms with Crippen LogP contribution in [0.1, 0.15) is 0 Å². The third-order valence-corrected chi connectivity index (χ3v) is 2.14. The van der Waals surface area contributed by atoms with Crippen LogP contribution in [0.3, 0.4) is 0 Å². The summed E-state index contributed by atoms with van der Waals surface area (Å²) in [6, 6.07) is -0.916. The Balaban J connectivity index is 2.53. The first-order valence-electron chi connectivity index (χ1n) is 4.81. The second-order valence-corrected chi connectivity index (χ2v) is 3.36. The van der Waals surface area contributed by atoms with Crippen molar-refractivity contribution >= 4 is 24.7 Å². The molecule has 0 aromatic rings. The smallest absolute Gasteiger partial charge is 0.323 e. The molecular weight excluding hydrogens is 248 g/mol. The Bertz CT molecular complexity index is 373. The van der Waals surface area contributed by atoms with E-state index in [2.05, 4.69) is 10.3 Å². The maximum atomic E-state index is 11.3. The molecule has 4 atom stereocenters. The fourth-order valence-electron chi connectivity index (χ4n) is 1.31. The van der Waals surface area contributed by atoms with Gasteiger partial charge in [0, 0.05) is 0 Å². The van der Waals surface area contributed by atoms with Crippen molar-refractivity contribution in [3.05, 3.63) is 0 Å². The second kappa shape index (κ2) is 6.05. The van der Waals surface area contributed by atoms with Gasteiger partial charge in [-0.05, 0) is 0 Å². The second-order valence-electron chi connectivity index (χ2n) is 3.36. The molecule has 0 aromatic carbocycles. The Morgan fingerprint density at radius 1 is 1.33 bits per heavy atom. The highest BCUT2D eigenvalue weighted by molar-refractivity contribution is 5.97. The molecule has 1 fully saturated rings. The molecule has 10 heteroatoms. The van der Waals surface area contributed by atoms with Crippen LogP contribution in [0.5, 0.6) is 0 Å². The number of guanidine groups is 1. The first kappa shape index (κ1) is 14.0. The molecule has 1 rings (SSSR count). The van der Waals surface area contributed by atoms with E-state index < -0.39 is 36.5 Å². The Morgan fingerprint density at radius 3 is 2.50 bits per heavy atom. The average molecular weight is 260 g/mol. The van der Waals surface area contributed by atoms with Crippen LogP contribution in [-0.2, 0) is 14.3 Å². The van der Waals surface area contributed by atoms with Gasteiger partial charge in [-0.3, -0.25) is 10.1 Å². The van der Waals surface area contributed by atoms with E-state index in [0.717, 1.165) is 0 Å². The Labute approximate surface area is 101 Å². The van der Waals surface area contributed by atoms with Crippen LogP contribution in [0, 0.1) is 0 Å². The van der Waals surface area contributed by atoms with E-state index in [9.17, 15) is 24.6 Å². The fourth-order valence-corrected chi connectivity index (χ4v) is 1.31. The van der Waals surface area contributed by atoms with Crippen LogP contribution in [0.15, 0.2) is 4.99 Å². The summed E-state index contributed by atoms with van der Waals surface area (Å²) in [5, 5.41) is 22.8. The molecule has 1 aliphatic rings. The summed E-state index contributed by atoms with van der Waals surface area (Å²) in [4.78, 5) is 34.7. The van der Waals surface area contributed by atoms with E-state index >= 15 is 0 Å². The van der Waals surface area contributed by atoms with Gasteiger partial charge < -0.3 is 30.8 Å². The average Bonchev–Trinajstić information content (AvgIpc) is 2.57. The predicted octanol–water partition coefficient (Wildman–Crippen LogP) is -3.60. The summed E-state index contributed by atoms with van der Waals surface area (Å²) in [7, 11) is 0. The number of carbonyl (C=O) groups is 3. The summed E-state index contributed by atoms with van der Waals surface area (Å²) in [5.41, 5.74) is 5.11. The Hall–Kier alpha value is -2.04. The standard InChI is InChI=1S/C8H12N4O6/c9-7(10-2-14)12-8(17)11-6-5(16)4(15)3(1-13)18-6/h1-6,15-16H,(H4,9,10,11,12,14,17). The van der Waals surface area contributed by atoms with Crippen molar-refractivity contribution in [2.75, 3.05) is 0 Å². The molecular formula is C8H12N4O6. The lowest BCUT2D eigenvalue weighted by molar-refractivity contribution is -0.121. The summed E-state index contributed by atoms with van der Waals surface area (Å²) >= 11 is 0. The zero-order valence-electron chi connectivity index (χ0n) is 9.02. The number of hydrogen-bond donors (Lipinski definition) is 5. The summed E-state index contributed by atoms with van der Waals surface area (Å²) in [6.45, 7) is 0. The number of amides is 3. The molecule has 0 saturated carbocycles. The van der Waals surface area contributed by atoms with Gasteiger partial charge in [0.25, 0.3) is 0 Å². The van der Waals surface area contributed by atoms with Crippen LogP contribution in [0.2, 0.25) is 0 Å². The Kier molecular flexibility index (Phi) is 4.71. The molecule has 1 aliphatic heterocycles. The molecule has 0 radical (unpaired) electrons. The highest BCUT2D eigenvalue weighted by atomic mass is 16.6. The zero-order chi connectivity index (χ0) is 13.7. The quantitative estimate of drug-likeness (QED) is 0.199. The van der Waals surface area contributed by atoms with Crippen molar-refractivity contribution in [3.63, 3.8) is 0 Å². The number of urea groups is 1. The number of hydrogen-bond acceptors (Lipinski definition) is 6. The molecule has 100 valence electrons. The van der Waals surface area contributed by atoms with Gasteiger partial charge in [-0.2, -0.15) is 4.99 Å². The van der Waals surface area contributed by atoms with Crippen LogP contribution >= 0.6 is 0 Å². The zero-order valence-corrected chi connectivity index (χ0v) is 9.02. The van der Waals surface area contributed by atoms with Gasteiger partial charge in [0.05, 0.1) is 0 Å². The summed E-state index contributed by atoms with van der Waals surface area (Å²) < 4.78 is 4.86. The number of aliphatic imine (C=N–C) groups is 1. The monoisotopic (exact) mass is 260 g/mol. The number of aliphatic hydroxyl groups is 2. The van der Waals surface area contributed by atoms with Crippen molar-refractivity contribution in [2.24, 2.45) is 10.7 Å². The van der Waals surface area contributed by atoms with E-state index in [-0.39, 0.29) is 6.41 Å². The van der Waals surface area contributed by atoms with Crippen molar-refractivity contribution in [3.8, 4) is 0 Å². The van der Waals surface area contributed by atoms with Gasteiger partial charge in [-0.1, -0.05) is 0 Å². The molecule has 0 bridgehead atoms. The normalized spacial score (nSPS) is 31.8. The molecule has 1 saturated heterocycles. The van der Waals surface area contributed by atoms with Crippen LogP contribution in [0.4, 0.5) is 4.79 Å². The van der Waals surface area contributed by atoms with E-state index in [1.54, 1.807) is 0 Å². The number of aldehydes is 1. The van der Waals surface area contributed by atoms with Gasteiger partial charge in [0.15, 0.2) is 12.5 Å². The molecule has 18 heavy (non-hydrogen) atoms. The highest BCUT2D eigenvalue weighted by Crippen LogP contribution is 2.17. The first-order chi connectivity index (χ1) is 8.49. The lowest BCUT2D eigenvalue weighted by Gasteiger charge is -2.16. The number of carbonyl (C=O) groups excluding carboxylic acids is 3. The van der Waals surface area contributed by atoms with E-state index in [0.29, 0.717) is 6.29 Å². The molecule has 0 aromatic heterocycles. The minimum atomic E-state index is -1.46. The van der Waals surface area contributed by atoms with E-state index in [4.69, 9.17) is 10.5 Å². The molecule has 10 nitrogen and oxygen atoms in total. The van der Waals surface area contributed by atoms with E-state index in [1.165, 1.54) is 0 Å². The molecule has 1 heterocycles. The van der Waals surface area contributed by atoms with Gasteiger partial charge in [0.2, 0.25) is 12.4 Å². The summed E-state index contributed by atoms with van der Waals surface area (Å²) in [6.07, 6.45) is -4.98. The minimum Gasteiger partial charge on any atom is -0.387 e. The van der Waals surface area contributed by atoms with Crippen molar-refractivity contribution in [2.45, 2.75) is 24.5 Å². The number of nitrogens with two attached hydrogens (primary N) is 1. The number of nitrogens with one attached hydrogen (secondary N) is 2. The van der Waals surface area contributed by atoms with Crippen LogP contribution in [-0.4, -0.2) is 59.4 Å². The summed E-state index contributed by atoms with van der Waals surface area (Å²) in [5.74, 6) is -0.456. The topological polar surface area (TPSA) is 163 Å². The minimum absolute atomic E-state index is 0.128. The molecule has 0 spiro atoms.